The fourth-order valence-electron chi connectivity index (χ4n) is 4.29. The summed E-state index contributed by atoms with van der Waals surface area (Å²) >= 11 is 0. The van der Waals surface area contributed by atoms with Crippen molar-refractivity contribution < 1.29 is 37.4 Å². The zero-order valence-electron chi connectivity index (χ0n) is 22.5. The molecular formula is C26H32F3N6O5-. The van der Waals surface area contributed by atoms with Gasteiger partial charge in [-0.25, -0.2) is 0 Å². The van der Waals surface area contributed by atoms with Crippen LogP contribution in [0.1, 0.15) is 70.9 Å². The Morgan fingerprint density at radius 3 is 2.35 bits per heavy atom. The Labute approximate surface area is 228 Å². The number of hydrogen-bond donors (Lipinski definition) is 3. The van der Waals surface area contributed by atoms with E-state index in [0.29, 0.717) is 19.3 Å². The number of aliphatic hydroxyl groups is 1. The number of carboxylic acid groups (broad SMARTS) is 1. The third kappa shape index (κ3) is 6.97. The van der Waals surface area contributed by atoms with E-state index in [9.17, 15) is 33.0 Å². The quantitative estimate of drug-likeness (QED) is 0.295. The molecule has 2 amide bonds. The van der Waals surface area contributed by atoms with Gasteiger partial charge in [0.2, 0.25) is 11.8 Å². The number of nitrogens with zero attached hydrogens (tertiary/aromatic N) is 4. The number of benzene rings is 1. The van der Waals surface area contributed by atoms with Crippen molar-refractivity contribution in [3.63, 3.8) is 0 Å². The summed E-state index contributed by atoms with van der Waals surface area (Å²) in [4.78, 5) is 26.5. The Kier molecular flexibility index (Phi) is 9.56. The maximum atomic E-state index is 13.0. The Hall–Kier alpha value is -3.94. The highest BCUT2D eigenvalue weighted by atomic mass is 19.4. The van der Waals surface area contributed by atoms with E-state index >= 15 is 0 Å². The van der Waals surface area contributed by atoms with E-state index in [1.54, 1.807) is 13.8 Å². The zero-order valence-corrected chi connectivity index (χ0v) is 22.5. The highest BCUT2D eigenvalue weighted by molar-refractivity contribution is 5.94. The number of aromatic nitrogens is 4. The highest BCUT2D eigenvalue weighted by Gasteiger charge is 2.44. The number of unbranched alkanes of at least 4 members (excludes halogenated alkanes) is 1. The predicted molar refractivity (Wildman–Crippen MR) is 135 cm³/mol. The molecule has 0 spiro atoms. The first-order valence-electron chi connectivity index (χ1n) is 12.8. The molecule has 1 aromatic carbocycles. The van der Waals surface area contributed by atoms with Crippen molar-refractivity contribution in [3.8, 4) is 11.5 Å². The molecule has 2 heterocycles. The van der Waals surface area contributed by atoms with E-state index in [0.717, 1.165) is 17.0 Å². The van der Waals surface area contributed by atoms with E-state index in [2.05, 4.69) is 25.7 Å². The lowest BCUT2D eigenvalue weighted by Crippen LogP contribution is -2.58. The van der Waals surface area contributed by atoms with Crippen LogP contribution in [0.2, 0.25) is 0 Å². The lowest BCUT2D eigenvalue weighted by atomic mass is 9.79. The molecule has 3 rings (SSSR count). The Bertz CT molecular complexity index is 1260. The van der Waals surface area contributed by atoms with Crippen molar-refractivity contribution >= 4 is 17.8 Å². The number of anilines is 1. The van der Waals surface area contributed by atoms with Crippen molar-refractivity contribution in [2.75, 3.05) is 5.32 Å². The van der Waals surface area contributed by atoms with Gasteiger partial charge in [-0.05, 0) is 42.5 Å². The van der Waals surface area contributed by atoms with Crippen LogP contribution in [0.4, 0.5) is 23.8 Å². The number of aliphatic hydroxyl groups excluding tert-OH is 1. The monoisotopic (exact) mass is 565 g/mol. The lowest BCUT2D eigenvalue weighted by molar-refractivity contribution is -0.276. The Balaban J connectivity index is 2.03. The number of alkyl halides is 3. The molecule has 0 fully saturated rings. The molecule has 0 aliphatic carbocycles. The molecule has 0 bridgehead atoms. The van der Waals surface area contributed by atoms with Gasteiger partial charge in [0, 0.05) is 11.6 Å². The summed E-state index contributed by atoms with van der Waals surface area (Å²) in [7, 11) is 0. The first-order valence-corrected chi connectivity index (χ1v) is 12.8. The smallest absolute Gasteiger partial charge is 0.416 e. The summed E-state index contributed by atoms with van der Waals surface area (Å²) in [5.41, 5.74) is -1.53. The van der Waals surface area contributed by atoms with Crippen LogP contribution in [0.5, 0.6) is 0 Å². The minimum Gasteiger partial charge on any atom is -0.530 e. The minimum absolute atomic E-state index is 0.109. The number of carbonyl (C=O) groups is 2. The Morgan fingerprint density at radius 2 is 1.82 bits per heavy atom. The van der Waals surface area contributed by atoms with Gasteiger partial charge in [-0.3, -0.25) is 9.89 Å². The predicted octanol–water partition coefficient (Wildman–Crippen LogP) is 4.16. The van der Waals surface area contributed by atoms with E-state index in [1.807, 2.05) is 13.8 Å². The first-order chi connectivity index (χ1) is 18.8. The maximum Gasteiger partial charge on any atom is 0.416 e. The first kappa shape index (κ1) is 30.6. The third-order valence-electron chi connectivity index (χ3n) is 6.88. The molecule has 0 radical (unpaired) electrons. The second kappa shape index (κ2) is 12.5. The van der Waals surface area contributed by atoms with Gasteiger partial charge in [0.05, 0.1) is 17.8 Å². The van der Waals surface area contributed by atoms with Crippen LogP contribution in [0.3, 0.4) is 0 Å². The molecule has 218 valence electrons. The van der Waals surface area contributed by atoms with Crippen molar-refractivity contribution in [3.05, 3.63) is 48.0 Å². The highest BCUT2D eigenvalue weighted by Crippen LogP contribution is 2.43. The number of amides is 2. The van der Waals surface area contributed by atoms with Gasteiger partial charge in [-0.2, -0.15) is 18.3 Å². The van der Waals surface area contributed by atoms with Gasteiger partial charge in [0.15, 0.2) is 6.10 Å². The molecule has 0 aliphatic heterocycles. The van der Waals surface area contributed by atoms with Crippen LogP contribution in [-0.4, -0.2) is 54.5 Å². The van der Waals surface area contributed by atoms with Gasteiger partial charge < -0.3 is 29.6 Å². The molecule has 3 atom stereocenters. The molecule has 11 nitrogen and oxygen atoms in total. The van der Waals surface area contributed by atoms with Gasteiger partial charge >= 0.3 is 6.18 Å². The minimum atomic E-state index is -4.53. The van der Waals surface area contributed by atoms with Crippen LogP contribution in [-0.2, 0) is 11.0 Å². The summed E-state index contributed by atoms with van der Waals surface area (Å²) in [6, 6.07) is 3.12. The lowest BCUT2D eigenvalue weighted by Gasteiger charge is -2.46. The van der Waals surface area contributed by atoms with Gasteiger partial charge in [0.1, 0.15) is 18.0 Å². The Morgan fingerprint density at radius 1 is 1.15 bits per heavy atom. The summed E-state index contributed by atoms with van der Waals surface area (Å²) in [6.07, 6.45) is -4.96. The van der Waals surface area contributed by atoms with Crippen molar-refractivity contribution in [1.29, 1.82) is 0 Å². The molecule has 0 saturated carbocycles. The van der Waals surface area contributed by atoms with Crippen LogP contribution >= 0.6 is 0 Å². The van der Waals surface area contributed by atoms with Crippen LogP contribution in [0.15, 0.2) is 40.9 Å². The van der Waals surface area contributed by atoms with E-state index < -0.39 is 47.3 Å². The standard InChI is InChI=1S/C26H33F3N6O5/c1-5-7-8-17(19(36)21(37)31-18-13-14-30-32-18)35(24(38)39)20(25(3,4)6-2)23-34-33-22(40-23)15-9-11-16(12-10-15)26(27,28)29/h9-14,17,19-20,36H,5-8H2,1-4H3,(H,38,39)(H2,30,31,32,37)/p-1/t17-,19+,20+/m0/s1. The topological polar surface area (TPSA) is 160 Å². The zero-order chi connectivity index (χ0) is 29.7. The van der Waals surface area contributed by atoms with Gasteiger partial charge in [-0.15, -0.1) is 10.2 Å². The number of H-pyrrole nitrogens is 1. The summed E-state index contributed by atoms with van der Waals surface area (Å²) in [5, 5.41) is 40.5. The second-order valence-corrected chi connectivity index (χ2v) is 10.1. The van der Waals surface area contributed by atoms with Crippen LogP contribution < -0.4 is 10.4 Å². The largest absolute Gasteiger partial charge is 0.530 e. The number of aromatic amines is 1. The van der Waals surface area contributed by atoms with Crippen molar-refractivity contribution in [1.82, 2.24) is 25.3 Å². The molecule has 0 saturated heterocycles. The molecule has 14 heteroatoms. The molecular weight excluding hydrogens is 533 g/mol. The molecule has 2 aromatic heterocycles. The molecule has 40 heavy (non-hydrogen) atoms. The number of nitrogens with one attached hydrogen (secondary N) is 2. The number of hydrogen-bond acceptors (Lipinski definition) is 8. The average molecular weight is 566 g/mol. The van der Waals surface area contributed by atoms with Gasteiger partial charge in [0.25, 0.3) is 5.91 Å². The number of rotatable bonds is 12. The SMILES string of the molecule is CCCC[C@@H]([C@@H](O)C(=O)Nc1ccn[nH]1)N(C(=O)[O-])[C@H](c1nnc(-c2ccc(C(F)(F)F)cc2)o1)C(C)(C)CC. The fourth-order valence-corrected chi connectivity index (χ4v) is 4.29. The van der Waals surface area contributed by atoms with Crippen LogP contribution in [0, 0.1) is 5.41 Å². The van der Waals surface area contributed by atoms with E-state index in [4.69, 9.17) is 4.42 Å². The molecule has 3 N–H and O–H groups in total. The fraction of sp³-hybridized carbons (Fsp3) is 0.500. The molecule has 0 aliphatic rings. The number of halogens is 3. The van der Waals surface area contributed by atoms with Gasteiger partial charge in [-0.1, -0.05) is 40.5 Å². The van der Waals surface area contributed by atoms with Crippen molar-refractivity contribution in [2.24, 2.45) is 5.41 Å². The average Bonchev–Trinajstić information content (AvgIpc) is 3.60. The molecule has 0 unspecified atom stereocenters. The summed E-state index contributed by atoms with van der Waals surface area (Å²) in [5.74, 6) is -0.933. The van der Waals surface area contributed by atoms with Crippen LogP contribution in [0.25, 0.3) is 11.5 Å². The maximum absolute atomic E-state index is 13.0. The van der Waals surface area contributed by atoms with E-state index in [1.165, 1.54) is 24.4 Å². The molecule has 3 aromatic rings. The second-order valence-electron chi connectivity index (χ2n) is 10.1. The van der Waals surface area contributed by atoms with E-state index in [-0.39, 0.29) is 29.6 Å². The summed E-state index contributed by atoms with van der Waals surface area (Å²) in [6.45, 7) is 7.20. The number of carbonyl (C=O) groups excluding carboxylic acids is 2. The third-order valence-corrected chi connectivity index (χ3v) is 6.88. The summed E-state index contributed by atoms with van der Waals surface area (Å²) < 4.78 is 44.8. The normalized spacial score (nSPS) is 14.4. The van der Waals surface area contributed by atoms with Crippen molar-refractivity contribution in [2.45, 2.75) is 77.7 Å².